The number of rotatable bonds is 10. The van der Waals surface area contributed by atoms with Crippen molar-refractivity contribution in [3.63, 3.8) is 0 Å². The Morgan fingerprint density at radius 1 is 1.02 bits per heavy atom. The highest BCUT2D eigenvalue weighted by molar-refractivity contribution is 6.31. The second-order valence-corrected chi connectivity index (χ2v) is 10.4. The lowest BCUT2D eigenvalue weighted by Crippen LogP contribution is -2.51. The maximum absolute atomic E-state index is 13.1. The van der Waals surface area contributed by atoms with Gasteiger partial charge in [0.15, 0.2) is 0 Å². The van der Waals surface area contributed by atoms with E-state index >= 15 is 0 Å². The molecule has 1 saturated heterocycles. The van der Waals surface area contributed by atoms with Gasteiger partial charge < -0.3 is 24.6 Å². The predicted molar refractivity (Wildman–Crippen MR) is 162 cm³/mol. The number of hydrogen-bond acceptors (Lipinski definition) is 7. The minimum atomic E-state index is -0.657. The number of halogens is 1. The predicted octanol–water partition coefficient (Wildman–Crippen LogP) is 4.81. The van der Waals surface area contributed by atoms with Gasteiger partial charge in [0.2, 0.25) is 0 Å². The summed E-state index contributed by atoms with van der Waals surface area (Å²) in [6.45, 7) is 5.53. The largest absolute Gasteiger partial charge is 0.450 e. The van der Waals surface area contributed by atoms with E-state index in [1.165, 1.54) is 0 Å². The Morgan fingerprint density at radius 2 is 1.74 bits per heavy atom. The van der Waals surface area contributed by atoms with Gasteiger partial charge in [0, 0.05) is 62.9 Å². The summed E-state index contributed by atoms with van der Waals surface area (Å²) in [4.78, 5) is 47.6. The molecule has 3 aromatic rings. The molecule has 4 amide bonds. The summed E-state index contributed by atoms with van der Waals surface area (Å²) in [5.74, 6) is 0.376. The molecule has 1 aliphatic rings. The summed E-state index contributed by atoms with van der Waals surface area (Å²) in [6.07, 6.45) is 1.28. The van der Waals surface area contributed by atoms with E-state index < -0.39 is 12.1 Å². The number of piperazine rings is 1. The van der Waals surface area contributed by atoms with Crippen LogP contribution < -0.4 is 10.6 Å². The number of benzene rings is 2. The standard InChI is InChI=1S/C30H37ClN6O5/c1-3-41-30(40)37-16-14-36(15-17-37)13-12-25(35(2)28(38)33-20-24-10-6-7-11-26(24)31)21-42-29(39)34-27-18-22-8-4-5-9-23(22)19-32-27/h4-11,18-19,25H,3,12-17,20-21H2,1-2H3,(H,33,38)(H,32,34,39)/t25-/m0/s1. The Hall–Kier alpha value is -4.09. The minimum absolute atomic E-state index is 0.0157. The second-order valence-electron chi connectivity index (χ2n) is 9.97. The molecule has 42 heavy (non-hydrogen) atoms. The lowest BCUT2D eigenvalue weighted by Gasteiger charge is -2.35. The molecule has 0 aliphatic carbocycles. The van der Waals surface area contributed by atoms with E-state index in [4.69, 9.17) is 21.1 Å². The van der Waals surface area contributed by atoms with Gasteiger partial charge in [0.05, 0.1) is 12.6 Å². The van der Waals surface area contributed by atoms with Crippen LogP contribution in [0.5, 0.6) is 0 Å². The number of amides is 4. The van der Waals surface area contributed by atoms with Crippen molar-refractivity contribution in [2.24, 2.45) is 0 Å². The van der Waals surface area contributed by atoms with Gasteiger partial charge in [-0.1, -0.05) is 54.1 Å². The topological polar surface area (TPSA) is 116 Å². The molecule has 1 atom stereocenters. The highest BCUT2D eigenvalue weighted by Gasteiger charge is 2.26. The van der Waals surface area contributed by atoms with Crippen LogP contribution in [0.15, 0.2) is 60.8 Å². The number of urea groups is 1. The molecule has 4 rings (SSSR count). The molecule has 0 radical (unpaired) electrons. The number of nitrogens with one attached hydrogen (secondary N) is 2. The molecular weight excluding hydrogens is 560 g/mol. The van der Waals surface area contributed by atoms with E-state index in [-0.39, 0.29) is 25.3 Å². The lowest BCUT2D eigenvalue weighted by molar-refractivity contribution is 0.0730. The normalized spacial score (nSPS) is 14.2. The van der Waals surface area contributed by atoms with Crippen molar-refractivity contribution < 1.29 is 23.9 Å². The molecule has 1 aliphatic heterocycles. The molecule has 11 nitrogen and oxygen atoms in total. The zero-order valence-corrected chi connectivity index (χ0v) is 24.7. The second kappa shape index (κ2) is 15.2. The Morgan fingerprint density at radius 3 is 2.48 bits per heavy atom. The number of aromatic nitrogens is 1. The fourth-order valence-corrected chi connectivity index (χ4v) is 4.86. The summed E-state index contributed by atoms with van der Waals surface area (Å²) in [6, 6.07) is 16.1. The smallest absolute Gasteiger partial charge is 0.412 e. The van der Waals surface area contributed by atoms with Gasteiger partial charge in [-0.05, 0) is 36.4 Å². The Bertz CT molecular complexity index is 1370. The van der Waals surface area contributed by atoms with Crippen molar-refractivity contribution in [3.05, 3.63) is 71.4 Å². The van der Waals surface area contributed by atoms with Crippen molar-refractivity contribution in [1.82, 2.24) is 25.0 Å². The first kappa shape index (κ1) is 30.9. The molecule has 0 saturated carbocycles. The van der Waals surface area contributed by atoms with Gasteiger partial charge >= 0.3 is 18.2 Å². The molecule has 12 heteroatoms. The van der Waals surface area contributed by atoms with Gasteiger partial charge in [0.1, 0.15) is 12.4 Å². The Labute approximate surface area is 250 Å². The van der Waals surface area contributed by atoms with E-state index in [0.29, 0.717) is 56.6 Å². The van der Waals surface area contributed by atoms with Gasteiger partial charge in [-0.2, -0.15) is 0 Å². The lowest BCUT2D eigenvalue weighted by atomic mass is 10.1. The number of likely N-dealkylation sites (N-methyl/N-ethyl adjacent to an activating group) is 1. The van der Waals surface area contributed by atoms with Crippen LogP contribution in [0.1, 0.15) is 18.9 Å². The van der Waals surface area contributed by atoms with Crippen molar-refractivity contribution in [3.8, 4) is 0 Å². The van der Waals surface area contributed by atoms with Crippen LogP contribution in [-0.4, -0.2) is 96.9 Å². The first-order valence-electron chi connectivity index (χ1n) is 14.0. The van der Waals surface area contributed by atoms with Crippen molar-refractivity contribution >= 4 is 46.4 Å². The highest BCUT2D eigenvalue weighted by atomic mass is 35.5. The molecule has 0 spiro atoms. The summed E-state index contributed by atoms with van der Waals surface area (Å²) >= 11 is 6.24. The number of fused-ring (bicyclic) bond motifs is 1. The summed E-state index contributed by atoms with van der Waals surface area (Å²) in [5.41, 5.74) is 0.801. The first-order chi connectivity index (χ1) is 20.3. The summed E-state index contributed by atoms with van der Waals surface area (Å²) in [7, 11) is 1.68. The van der Waals surface area contributed by atoms with Gasteiger partial charge in [-0.25, -0.2) is 19.4 Å². The van der Waals surface area contributed by atoms with Crippen LogP contribution in [0.25, 0.3) is 10.8 Å². The molecule has 0 bridgehead atoms. The molecule has 1 fully saturated rings. The fourth-order valence-electron chi connectivity index (χ4n) is 4.66. The molecule has 224 valence electrons. The number of carbonyl (C=O) groups excluding carboxylic acids is 3. The molecule has 2 N–H and O–H groups in total. The third-order valence-electron chi connectivity index (χ3n) is 7.20. The van der Waals surface area contributed by atoms with Crippen LogP contribution in [0, 0.1) is 0 Å². The zero-order chi connectivity index (χ0) is 29.9. The third kappa shape index (κ3) is 8.70. The van der Waals surface area contributed by atoms with Gasteiger partial charge in [-0.3, -0.25) is 10.2 Å². The van der Waals surface area contributed by atoms with Crippen LogP contribution in [0.2, 0.25) is 5.02 Å². The number of ether oxygens (including phenoxy) is 2. The van der Waals surface area contributed by atoms with Crippen LogP contribution in [0.4, 0.5) is 20.2 Å². The third-order valence-corrected chi connectivity index (χ3v) is 7.57. The van der Waals surface area contributed by atoms with Crippen LogP contribution >= 0.6 is 11.6 Å². The van der Waals surface area contributed by atoms with Gasteiger partial charge in [-0.15, -0.1) is 0 Å². The number of carbonyl (C=O) groups is 3. The fraction of sp³-hybridized carbons (Fsp3) is 0.400. The summed E-state index contributed by atoms with van der Waals surface area (Å²) in [5, 5.41) is 8.05. The average molecular weight is 597 g/mol. The van der Waals surface area contributed by atoms with Crippen LogP contribution in [-0.2, 0) is 16.0 Å². The molecule has 2 aromatic carbocycles. The van der Waals surface area contributed by atoms with Crippen molar-refractivity contribution in [2.45, 2.75) is 25.9 Å². The van der Waals surface area contributed by atoms with E-state index in [2.05, 4.69) is 20.5 Å². The van der Waals surface area contributed by atoms with E-state index in [1.54, 1.807) is 42.1 Å². The number of nitrogens with zero attached hydrogens (tertiary/aromatic N) is 4. The zero-order valence-electron chi connectivity index (χ0n) is 23.9. The maximum atomic E-state index is 13.1. The number of hydrogen-bond donors (Lipinski definition) is 2. The summed E-state index contributed by atoms with van der Waals surface area (Å²) < 4.78 is 10.7. The Kier molecular flexibility index (Phi) is 11.2. The monoisotopic (exact) mass is 596 g/mol. The van der Waals surface area contributed by atoms with E-state index in [1.807, 2.05) is 42.5 Å². The highest BCUT2D eigenvalue weighted by Crippen LogP contribution is 2.17. The number of pyridine rings is 1. The van der Waals surface area contributed by atoms with Gasteiger partial charge in [0.25, 0.3) is 0 Å². The number of anilines is 1. The molecule has 2 heterocycles. The molecule has 1 aromatic heterocycles. The van der Waals surface area contributed by atoms with E-state index in [0.717, 1.165) is 16.3 Å². The SMILES string of the molecule is CCOC(=O)N1CCN(CC[C@@H](COC(=O)Nc2cc3ccccc3cn2)N(C)C(=O)NCc2ccccc2Cl)CC1. The van der Waals surface area contributed by atoms with Crippen molar-refractivity contribution in [1.29, 1.82) is 0 Å². The maximum Gasteiger partial charge on any atom is 0.412 e. The van der Waals surface area contributed by atoms with Crippen molar-refractivity contribution in [2.75, 3.05) is 58.3 Å². The van der Waals surface area contributed by atoms with Crippen LogP contribution in [0.3, 0.4) is 0 Å². The quantitative estimate of drug-likeness (QED) is 0.345. The minimum Gasteiger partial charge on any atom is -0.450 e. The van der Waals surface area contributed by atoms with E-state index in [9.17, 15) is 14.4 Å². The molecular formula is C30H37ClN6O5. The molecule has 0 unspecified atom stereocenters. The average Bonchev–Trinajstić information content (AvgIpc) is 3.00. The first-order valence-corrected chi connectivity index (χ1v) is 14.4. The Balaban J connectivity index is 1.34.